The SMILES string of the molecule is COc1cc(/C=C/C(=O)O[C@@H]2CC[C@]3(CO3)C(C3(C)OC3CC=C(C)C)[C@@H]2OC)cc(OC)c1OC(C)C. The molecule has 0 bridgehead atoms. The molecule has 0 amide bonds. The molecular weight excluding hydrogens is 488 g/mol. The van der Waals surface area contributed by atoms with Crippen LogP contribution < -0.4 is 14.2 Å². The van der Waals surface area contributed by atoms with Crippen molar-refractivity contribution in [2.75, 3.05) is 27.9 Å². The minimum atomic E-state index is -0.438. The summed E-state index contributed by atoms with van der Waals surface area (Å²) >= 11 is 0. The summed E-state index contributed by atoms with van der Waals surface area (Å²) in [4.78, 5) is 12.9. The van der Waals surface area contributed by atoms with Crippen molar-refractivity contribution in [3.63, 3.8) is 0 Å². The van der Waals surface area contributed by atoms with Crippen LogP contribution in [0.5, 0.6) is 17.2 Å². The van der Waals surface area contributed by atoms with Crippen LogP contribution in [0.4, 0.5) is 0 Å². The highest BCUT2D eigenvalue weighted by molar-refractivity contribution is 5.87. The van der Waals surface area contributed by atoms with Gasteiger partial charge in [0, 0.05) is 13.2 Å². The Morgan fingerprint density at radius 3 is 2.34 bits per heavy atom. The van der Waals surface area contributed by atoms with E-state index in [9.17, 15) is 4.79 Å². The number of methoxy groups -OCH3 is 3. The van der Waals surface area contributed by atoms with Crippen molar-refractivity contribution in [2.45, 2.75) is 89.5 Å². The number of rotatable bonds is 11. The van der Waals surface area contributed by atoms with E-state index in [1.165, 1.54) is 11.6 Å². The zero-order valence-electron chi connectivity index (χ0n) is 23.9. The topological polar surface area (TPSA) is 88.3 Å². The molecule has 3 aliphatic rings. The molecule has 1 aliphatic carbocycles. The summed E-state index contributed by atoms with van der Waals surface area (Å²) in [7, 11) is 4.81. The Bertz CT molecular complexity index is 1040. The standard InChI is InChI=1S/C30H42O8/c1-18(2)9-11-24-29(5,38-24)28-27(34-8)21(13-14-30(28)17-35-30)37-25(31)12-10-20-15-22(32-6)26(36-19(3)4)23(16-20)33-7/h9-10,12,15-16,19,21,24,27-28H,11,13-14,17H2,1-8H3/b12-10+/t21-,24?,27-,28?,29?,30+/m1/s1. The highest BCUT2D eigenvalue weighted by atomic mass is 16.6. The van der Waals surface area contributed by atoms with Gasteiger partial charge in [-0.15, -0.1) is 0 Å². The monoisotopic (exact) mass is 530 g/mol. The molecular formula is C30H42O8. The maximum Gasteiger partial charge on any atom is 0.331 e. The molecule has 1 aromatic rings. The molecule has 3 fully saturated rings. The number of benzene rings is 1. The first-order valence-electron chi connectivity index (χ1n) is 13.4. The lowest BCUT2D eigenvalue weighted by molar-refractivity contribution is -0.166. The molecule has 2 saturated heterocycles. The Balaban J connectivity index is 1.47. The van der Waals surface area contributed by atoms with Crippen LogP contribution in [-0.4, -0.2) is 69.5 Å². The number of allylic oxidation sites excluding steroid dienone is 1. The summed E-state index contributed by atoms with van der Waals surface area (Å²) in [6.07, 6.45) is 6.97. The van der Waals surface area contributed by atoms with E-state index in [1.54, 1.807) is 39.5 Å². The van der Waals surface area contributed by atoms with E-state index in [4.69, 9.17) is 33.2 Å². The van der Waals surface area contributed by atoms with Gasteiger partial charge >= 0.3 is 5.97 Å². The van der Waals surface area contributed by atoms with Gasteiger partial charge in [0.15, 0.2) is 11.5 Å². The van der Waals surface area contributed by atoms with E-state index in [2.05, 4.69) is 26.8 Å². The smallest absolute Gasteiger partial charge is 0.331 e. The third-order valence-electron chi connectivity index (χ3n) is 7.75. The highest BCUT2D eigenvalue weighted by Crippen LogP contribution is 2.59. The first kappa shape index (κ1) is 28.5. The molecule has 0 aromatic heterocycles. The van der Waals surface area contributed by atoms with E-state index in [0.717, 1.165) is 18.4 Å². The molecule has 210 valence electrons. The molecule has 2 heterocycles. The van der Waals surface area contributed by atoms with Crippen molar-refractivity contribution in [2.24, 2.45) is 5.92 Å². The van der Waals surface area contributed by atoms with Crippen LogP contribution in [0.15, 0.2) is 29.9 Å². The lowest BCUT2D eigenvalue weighted by atomic mass is 9.68. The van der Waals surface area contributed by atoms with Gasteiger partial charge in [-0.05, 0) is 77.7 Å². The van der Waals surface area contributed by atoms with Gasteiger partial charge in [-0.25, -0.2) is 4.79 Å². The number of hydrogen-bond acceptors (Lipinski definition) is 8. The van der Waals surface area contributed by atoms with E-state index < -0.39 is 12.1 Å². The molecule has 8 heteroatoms. The van der Waals surface area contributed by atoms with Crippen molar-refractivity contribution < 1.29 is 38.0 Å². The molecule has 4 rings (SSSR count). The Morgan fingerprint density at radius 2 is 1.82 bits per heavy atom. The average Bonchev–Trinajstić information content (AvgIpc) is 3.79. The van der Waals surface area contributed by atoms with E-state index in [1.807, 2.05) is 13.8 Å². The fourth-order valence-electron chi connectivity index (χ4n) is 5.77. The summed E-state index contributed by atoms with van der Waals surface area (Å²) in [5.74, 6) is 1.11. The predicted octanol–water partition coefficient (Wildman–Crippen LogP) is 5.12. The lowest BCUT2D eigenvalue weighted by Crippen LogP contribution is -2.55. The molecule has 2 aliphatic heterocycles. The first-order chi connectivity index (χ1) is 18.1. The van der Waals surface area contributed by atoms with Gasteiger partial charge < -0.3 is 33.2 Å². The minimum absolute atomic E-state index is 0.0203. The molecule has 0 radical (unpaired) electrons. The van der Waals surface area contributed by atoms with Gasteiger partial charge in [0.2, 0.25) is 5.75 Å². The van der Waals surface area contributed by atoms with Crippen molar-refractivity contribution in [1.29, 1.82) is 0 Å². The van der Waals surface area contributed by atoms with Crippen LogP contribution in [0, 0.1) is 5.92 Å². The quantitative estimate of drug-likeness (QED) is 0.169. The molecule has 6 atom stereocenters. The van der Waals surface area contributed by atoms with Gasteiger partial charge in [-0.1, -0.05) is 11.6 Å². The number of ether oxygens (including phenoxy) is 7. The molecule has 1 spiro atoms. The molecule has 1 saturated carbocycles. The minimum Gasteiger partial charge on any atom is -0.493 e. The Morgan fingerprint density at radius 1 is 1.16 bits per heavy atom. The van der Waals surface area contributed by atoms with Gasteiger partial charge in [0.25, 0.3) is 0 Å². The van der Waals surface area contributed by atoms with E-state index in [0.29, 0.717) is 30.3 Å². The van der Waals surface area contributed by atoms with Crippen LogP contribution in [0.2, 0.25) is 0 Å². The zero-order chi connectivity index (χ0) is 27.7. The van der Waals surface area contributed by atoms with Crippen LogP contribution >= 0.6 is 0 Å². The summed E-state index contributed by atoms with van der Waals surface area (Å²) in [5, 5.41) is 0. The van der Waals surface area contributed by atoms with Gasteiger partial charge in [0.1, 0.15) is 23.4 Å². The van der Waals surface area contributed by atoms with Gasteiger partial charge in [0.05, 0.1) is 39.0 Å². The maximum atomic E-state index is 12.9. The average molecular weight is 531 g/mol. The second-order valence-electron chi connectivity index (χ2n) is 11.1. The lowest BCUT2D eigenvalue weighted by Gasteiger charge is -2.42. The van der Waals surface area contributed by atoms with Crippen molar-refractivity contribution in [3.8, 4) is 17.2 Å². The largest absolute Gasteiger partial charge is 0.493 e. The summed E-state index contributed by atoms with van der Waals surface area (Å²) < 4.78 is 41.0. The predicted molar refractivity (Wildman–Crippen MR) is 144 cm³/mol. The molecule has 38 heavy (non-hydrogen) atoms. The van der Waals surface area contributed by atoms with Gasteiger partial charge in [-0.3, -0.25) is 0 Å². The van der Waals surface area contributed by atoms with Crippen molar-refractivity contribution in [3.05, 3.63) is 35.4 Å². The van der Waals surface area contributed by atoms with Crippen LogP contribution in [0.3, 0.4) is 0 Å². The zero-order valence-corrected chi connectivity index (χ0v) is 23.9. The Labute approximate surface area is 226 Å². The summed E-state index contributed by atoms with van der Waals surface area (Å²) in [6.45, 7) is 10.9. The normalized spacial score (nSPS) is 31.8. The van der Waals surface area contributed by atoms with Crippen LogP contribution in [0.1, 0.15) is 59.4 Å². The van der Waals surface area contributed by atoms with E-state index in [-0.39, 0.29) is 35.4 Å². The fraction of sp³-hybridized carbons (Fsp3) is 0.633. The Kier molecular flexibility index (Phi) is 8.45. The third kappa shape index (κ3) is 5.87. The number of carbonyl (C=O) groups excluding carboxylic acids is 1. The molecule has 8 nitrogen and oxygen atoms in total. The number of esters is 1. The highest BCUT2D eigenvalue weighted by Gasteiger charge is 2.72. The number of epoxide rings is 2. The number of carbonyl (C=O) groups is 1. The fourth-order valence-corrected chi connectivity index (χ4v) is 5.77. The van der Waals surface area contributed by atoms with Crippen LogP contribution in [-0.2, 0) is 23.7 Å². The van der Waals surface area contributed by atoms with Crippen molar-refractivity contribution in [1.82, 2.24) is 0 Å². The van der Waals surface area contributed by atoms with E-state index >= 15 is 0 Å². The molecule has 3 unspecified atom stereocenters. The Hall–Kier alpha value is -2.55. The van der Waals surface area contributed by atoms with Crippen molar-refractivity contribution >= 4 is 12.0 Å². The molecule has 1 aromatic carbocycles. The summed E-state index contributed by atoms with van der Waals surface area (Å²) in [6, 6.07) is 3.59. The second kappa shape index (κ2) is 11.3. The second-order valence-corrected chi connectivity index (χ2v) is 11.1. The third-order valence-corrected chi connectivity index (χ3v) is 7.75. The van der Waals surface area contributed by atoms with Crippen LogP contribution in [0.25, 0.3) is 6.08 Å². The summed E-state index contributed by atoms with van der Waals surface area (Å²) in [5.41, 5.74) is 1.35. The first-order valence-corrected chi connectivity index (χ1v) is 13.4. The number of hydrogen-bond donors (Lipinski definition) is 0. The maximum absolute atomic E-state index is 12.9. The van der Waals surface area contributed by atoms with Gasteiger partial charge in [-0.2, -0.15) is 0 Å². The molecule has 0 N–H and O–H groups in total.